The molecular formula is C17H16N2O3. The highest BCUT2D eigenvalue weighted by atomic mass is 16.6. The number of hydrogen-bond donors (Lipinski definition) is 1. The SMILES string of the molecule is C[C@@H](NC(=O)C=Cc1cccc([N+](=O)[O-])c1)c1ccccc1. The number of nitro groups is 1. The summed E-state index contributed by atoms with van der Waals surface area (Å²) in [6.07, 6.45) is 2.93. The third-order valence-electron chi connectivity index (χ3n) is 3.17. The van der Waals surface area contributed by atoms with Crippen LogP contribution in [-0.2, 0) is 4.79 Å². The molecule has 1 amide bonds. The molecule has 0 aliphatic rings. The van der Waals surface area contributed by atoms with Crippen molar-refractivity contribution in [1.82, 2.24) is 5.32 Å². The lowest BCUT2D eigenvalue weighted by Gasteiger charge is -2.12. The van der Waals surface area contributed by atoms with E-state index in [0.717, 1.165) is 5.56 Å². The van der Waals surface area contributed by atoms with Crippen molar-refractivity contribution in [2.24, 2.45) is 0 Å². The molecule has 0 spiro atoms. The van der Waals surface area contributed by atoms with Crippen LogP contribution in [0.25, 0.3) is 6.08 Å². The van der Waals surface area contributed by atoms with Crippen molar-refractivity contribution >= 4 is 17.7 Å². The molecule has 0 saturated carbocycles. The van der Waals surface area contributed by atoms with Crippen molar-refractivity contribution in [1.29, 1.82) is 0 Å². The molecule has 2 aromatic carbocycles. The van der Waals surface area contributed by atoms with Crippen LogP contribution >= 0.6 is 0 Å². The average Bonchev–Trinajstić information content (AvgIpc) is 2.54. The zero-order chi connectivity index (χ0) is 15.9. The van der Waals surface area contributed by atoms with Gasteiger partial charge in [-0.1, -0.05) is 42.5 Å². The first-order valence-corrected chi connectivity index (χ1v) is 6.84. The summed E-state index contributed by atoms with van der Waals surface area (Å²) in [6.45, 7) is 1.90. The molecule has 2 rings (SSSR count). The fourth-order valence-electron chi connectivity index (χ4n) is 2.00. The van der Waals surface area contributed by atoms with Gasteiger partial charge >= 0.3 is 0 Å². The molecule has 112 valence electrons. The highest BCUT2D eigenvalue weighted by molar-refractivity contribution is 5.92. The van der Waals surface area contributed by atoms with E-state index in [1.165, 1.54) is 18.2 Å². The maximum absolute atomic E-state index is 11.9. The number of non-ortho nitro benzene ring substituents is 1. The lowest BCUT2D eigenvalue weighted by molar-refractivity contribution is -0.384. The van der Waals surface area contributed by atoms with Crippen molar-refractivity contribution in [3.63, 3.8) is 0 Å². The van der Waals surface area contributed by atoms with Crippen molar-refractivity contribution < 1.29 is 9.72 Å². The first-order chi connectivity index (χ1) is 10.6. The summed E-state index contributed by atoms with van der Waals surface area (Å²) >= 11 is 0. The fraction of sp³-hybridized carbons (Fsp3) is 0.118. The topological polar surface area (TPSA) is 72.2 Å². The van der Waals surface area contributed by atoms with Crippen LogP contribution in [0, 0.1) is 10.1 Å². The summed E-state index contributed by atoms with van der Waals surface area (Å²) in [6, 6.07) is 15.6. The normalized spacial score (nSPS) is 12.0. The predicted molar refractivity (Wildman–Crippen MR) is 85.1 cm³/mol. The van der Waals surface area contributed by atoms with E-state index in [2.05, 4.69) is 5.32 Å². The standard InChI is InChI=1S/C17H16N2O3/c1-13(15-7-3-2-4-8-15)18-17(20)11-10-14-6-5-9-16(12-14)19(21)22/h2-13H,1H3,(H,18,20)/t13-/m1/s1. The van der Waals surface area contributed by atoms with E-state index in [1.807, 2.05) is 37.3 Å². The Morgan fingerprint density at radius 3 is 2.59 bits per heavy atom. The summed E-state index contributed by atoms with van der Waals surface area (Å²) in [5.41, 5.74) is 1.62. The number of rotatable bonds is 5. The van der Waals surface area contributed by atoms with Gasteiger partial charge in [0.25, 0.3) is 5.69 Å². The zero-order valence-corrected chi connectivity index (χ0v) is 12.1. The van der Waals surface area contributed by atoms with E-state index in [9.17, 15) is 14.9 Å². The summed E-state index contributed by atoms with van der Waals surface area (Å²) < 4.78 is 0. The molecule has 1 atom stereocenters. The highest BCUT2D eigenvalue weighted by Gasteiger charge is 2.07. The molecule has 0 unspecified atom stereocenters. The molecule has 22 heavy (non-hydrogen) atoms. The van der Waals surface area contributed by atoms with Crippen LogP contribution in [0.5, 0.6) is 0 Å². The third-order valence-corrected chi connectivity index (χ3v) is 3.17. The number of amides is 1. The molecule has 5 nitrogen and oxygen atoms in total. The minimum absolute atomic E-state index is 0.000196. The van der Waals surface area contributed by atoms with Crippen molar-refractivity contribution in [3.8, 4) is 0 Å². The van der Waals surface area contributed by atoms with Crippen LogP contribution in [0.3, 0.4) is 0 Å². The lowest BCUT2D eigenvalue weighted by atomic mass is 10.1. The van der Waals surface area contributed by atoms with Crippen LogP contribution in [0.4, 0.5) is 5.69 Å². The Morgan fingerprint density at radius 1 is 1.18 bits per heavy atom. The molecule has 0 radical (unpaired) electrons. The Bertz CT molecular complexity index is 696. The summed E-state index contributed by atoms with van der Waals surface area (Å²) in [7, 11) is 0. The Morgan fingerprint density at radius 2 is 1.91 bits per heavy atom. The van der Waals surface area contributed by atoms with Gasteiger partial charge in [0, 0.05) is 18.2 Å². The smallest absolute Gasteiger partial charge is 0.270 e. The molecule has 2 aromatic rings. The van der Waals surface area contributed by atoms with Gasteiger partial charge in [-0.25, -0.2) is 0 Å². The van der Waals surface area contributed by atoms with E-state index in [0.29, 0.717) is 5.56 Å². The molecule has 5 heteroatoms. The second-order valence-corrected chi connectivity index (χ2v) is 4.83. The number of nitro benzene ring substituents is 1. The van der Waals surface area contributed by atoms with E-state index >= 15 is 0 Å². The third kappa shape index (κ3) is 4.28. The molecular weight excluding hydrogens is 280 g/mol. The van der Waals surface area contributed by atoms with Gasteiger partial charge in [0.05, 0.1) is 11.0 Å². The summed E-state index contributed by atoms with van der Waals surface area (Å²) in [5, 5.41) is 13.5. The molecule has 1 N–H and O–H groups in total. The Balaban J connectivity index is 2.00. The van der Waals surface area contributed by atoms with E-state index < -0.39 is 4.92 Å². The van der Waals surface area contributed by atoms with Crippen LogP contribution in [0.15, 0.2) is 60.7 Å². The van der Waals surface area contributed by atoms with Crippen LogP contribution in [0.1, 0.15) is 24.1 Å². The Hall–Kier alpha value is -2.95. The van der Waals surface area contributed by atoms with Gasteiger partial charge in [0.2, 0.25) is 5.91 Å². The lowest BCUT2D eigenvalue weighted by Crippen LogP contribution is -2.24. The monoisotopic (exact) mass is 296 g/mol. The maximum atomic E-state index is 11.9. The van der Waals surface area contributed by atoms with Crippen molar-refractivity contribution in [2.45, 2.75) is 13.0 Å². The Labute approximate surface area is 128 Å². The molecule has 0 fully saturated rings. The van der Waals surface area contributed by atoms with E-state index in [-0.39, 0.29) is 17.6 Å². The molecule has 0 heterocycles. The van der Waals surface area contributed by atoms with Gasteiger partial charge in [-0.05, 0) is 24.1 Å². The van der Waals surface area contributed by atoms with Gasteiger partial charge < -0.3 is 5.32 Å². The number of carbonyl (C=O) groups is 1. The van der Waals surface area contributed by atoms with Gasteiger partial charge in [0.15, 0.2) is 0 Å². The van der Waals surface area contributed by atoms with Crippen molar-refractivity contribution in [3.05, 3.63) is 81.9 Å². The van der Waals surface area contributed by atoms with Gasteiger partial charge in [-0.3, -0.25) is 14.9 Å². The van der Waals surface area contributed by atoms with Gasteiger partial charge in [-0.2, -0.15) is 0 Å². The maximum Gasteiger partial charge on any atom is 0.270 e. The predicted octanol–water partition coefficient (Wildman–Crippen LogP) is 3.49. The fourth-order valence-corrected chi connectivity index (χ4v) is 2.00. The second kappa shape index (κ2) is 7.17. The minimum atomic E-state index is -0.463. The van der Waals surface area contributed by atoms with Gasteiger partial charge in [0.1, 0.15) is 0 Å². The first kappa shape index (κ1) is 15.4. The molecule has 0 saturated heterocycles. The van der Waals surface area contributed by atoms with Gasteiger partial charge in [-0.15, -0.1) is 0 Å². The quantitative estimate of drug-likeness (QED) is 0.521. The number of hydrogen-bond acceptors (Lipinski definition) is 3. The van der Waals surface area contributed by atoms with E-state index in [1.54, 1.807) is 18.2 Å². The number of nitrogens with one attached hydrogen (secondary N) is 1. The molecule has 0 bridgehead atoms. The number of benzene rings is 2. The highest BCUT2D eigenvalue weighted by Crippen LogP contribution is 2.14. The number of nitrogens with zero attached hydrogens (tertiary/aromatic N) is 1. The van der Waals surface area contributed by atoms with E-state index in [4.69, 9.17) is 0 Å². The Kier molecular flexibility index (Phi) is 5.03. The number of carbonyl (C=O) groups excluding carboxylic acids is 1. The summed E-state index contributed by atoms with van der Waals surface area (Å²) in [5.74, 6) is -0.247. The molecule has 0 aliphatic carbocycles. The van der Waals surface area contributed by atoms with Crippen LogP contribution in [-0.4, -0.2) is 10.8 Å². The zero-order valence-electron chi connectivity index (χ0n) is 12.1. The first-order valence-electron chi connectivity index (χ1n) is 6.84. The van der Waals surface area contributed by atoms with Crippen molar-refractivity contribution in [2.75, 3.05) is 0 Å². The van der Waals surface area contributed by atoms with Crippen LogP contribution < -0.4 is 5.32 Å². The molecule has 0 aliphatic heterocycles. The second-order valence-electron chi connectivity index (χ2n) is 4.83. The largest absolute Gasteiger partial charge is 0.346 e. The van der Waals surface area contributed by atoms with Crippen LogP contribution in [0.2, 0.25) is 0 Å². The average molecular weight is 296 g/mol. The minimum Gasteiger partial charge on any atom is -0.346 e. The summed E-state index contributed by atoms with van der Waals surface area (Å²) in [4.78, 5) is 22.1. The molecule has 0 aromatic heterocycles.